The summed E-state index contributed by atoms with van der Waals surface area (Å²) in [6.07, 6.45) is 5.68. The van der Waals surface area contributed by atoms with E-state index in [2.05, 4.69) is 234 Å². The lowest BCUT2D eigenvalue weighted by Gasteiger charge is -2.20. The van der Waals surface area contributed by atoms with E-state index in [1.54, 1.807) is 24.4 Å². The lowest BCUT2D eigenvalue weighted by Crippen LogP contribution is -2.31. The molecule has 1 fully saturated rings. The number of aryl methyl sites for hydroxylation is 11. The molecule has 1 saturated carbocycles. The van der Waals surface area contributed by atoms with Gasteiger partial charge in [-0.2, -0.15) is 0 Å². The van der Waals surface area contributed by atoms with E-state index in [0.29, 0.717) is 57.8 Å². The molecule has 12 heterocycles. The molecule has 0 spiro atoms. The quantitative estimate of drug-likeness (QED) is 0.117. The molecule has 17 rings (SSSR count). The average Bonchev–Trinajstić information content (AvgIpc) is 0.791. The second-order valence-corrected chi connectivity index (χ2v) is 30.0. The fourth-order valence-electron chi connectivity index (χ4n) is 14.8. The van der Waals surface area contributed by atoms with E-state index in [4.69, 9.17) is 30.0 Å². The topological polar surface area (TPSA) is 120 Å². The fourth-order valence-corrected chi connectivity index (χ4v) is 14.8. The molecule has 1 aliphatic carbocycles. The van der Waals surface area contributed by atoms with Crippen molar-refractivity contribution in [2.24, 2.45) is 28.2 Å². The zero-order chi connectivity index (χ0) is 83.3. The first-order chi connectivity index (χ1) is 54.8. The number of nitrogens with zero attached hydrogens (tertiary/aromatic N) is 8. The van der Waals surface area contributed by atoms with Crippen LogP contribution in [0.3, 0.4) is 0 Å². The number of pyridine rings is 8. The highest BCUT2D eigenvalue weighted by molar-refractivity contribution is 6.12. The van der Waals surface area contributed by atoms with Crippen molar-refractivity contribution in [3.05, 3.63) is 238 Å². The van der Waals surface area contributed by atoms with Gasteiger partial charge in [-0.1, -0.05) is 137 Å². The maximum absolute atomic E-state index is 9.00. The Morgan fingerprint density at radius 2 is 0.766 bits per heavy atom. The molecule has 0 bridgehead atoms. The monoisotopic (exact) mass is 1430 g/mol. The number of benzene rings is 4. The largest absolute Gasteiger partial charge is 0.437 e. The van der Waals surface area contributed by atoms with Gasteiger partial charge in [0.25, 0.3) is 0 Å². The predicted octanol–water partition coefficient (Wildman–Crippen LogP) is 23.1. The molecule has 12 nitrogen and oxygen atoms in total. The Labute approximate surface area is 642 Å². The molecule has 107 heavy (non-hydrogen) atoms. The molecule has 0 N–H and O–H groups in total. The van der Waals surface area contributed by atoms with E-state index >= 15 is 0 Å². The Morgan fingerprint density at radius 3 is 1.16 bits per heavy atom. The van der Waals surface area contributed by atoms with Gasteiger partial charge < -0.3 is 17.7 Å². The van der Waals surface area contributed by atoms with Crippen molar-refractivity contribution in [1.82, 2.24) is 19.9 Å². The van der Waals surface area contributed by atoms with Crippen LogP contribution in [-0.4, -0.2) is 19.9 Å². The highest BCUT2D eigenvalue weighted by atomic mass is 16.4. The third-order valence-corrected chi connectivity index (χ3v) is 21.0. The van der Waals surface area contributed by atoms with E-state index in [-0.39, 0.29) is 30.7 Å². The summed E-state index contributed by atoms with van der Waals surface area (Å²) in [5.74, 6) is -1.43. The van der Waals surface area contributed by atoms with Gasteiger partial charge in [0.1, 0.15) is 28.2 Å². The highest BCUT2D eigenvalue weighted by Crippen LogP contribution is 2.43. The lowest BCUT2D eigenvalue weighted by atomic mass is 9.86. The van der Waals surface area contributed by atoms with Crippen molar-refractivity contribution in [1.29, 1.82) is 0 Å². The van der Waals surface area contributed by atoms with Crippen molar-refractivity contribution in [3.8, 4) is 45.0 Å². The minimum absolute atomic E-state index is 0.0200. The van der Waals surface area contributed by atoms with Crippen molar-refractivity contribution < 1.29 is 48.3 Å². The average molecular weight is 1430 g/mol. The van der Waals surface area contributed by atoms with Gasteiger partial charge in [-0.15, -0.1) is 0 Å². The minimum atomic E-state index is -2.17. The molecular weight excluding hydrogens is 1320 g/mol. The first-order valence-electron chi connectivity index (χ1n) is 42.0. The van der Waals surface area contributed by atoms with E-state index in [1.165, 1.54) is 33.4 Å². The van der Waals surface area contributed by atoms with Crippen LogP contribution >= 0.6 is 0 Å². The maximum atomic E-state index is 9.00. The summed E-state index contributed by atoms with van der Waals surface area (Å²) < 4.78 is 107. The smallest absolute Gasteiger partial charge is 0.227 e. The van der Waals surface area contributed by atoms with Crippen molar-refractivity contribution in [3.63, 3.8) is 0 Å². The first-order valence-corrected chi connectivity index (χ1v) is 37.5. The summed E-state index contributed by atoms with van der Waals surface area (Å²) in [7, 11) is 8.15. The van der Waals surface area contributed by atoms with Crippen molar-refractivity contribution in [2.75, 3.05) is 0 Å². The van der Waals surface area contributed by atoms with Gasteiger partial charge in [-0.3, -0.25) is 0 Å². The zero-order valence-electron chi connectivity index (χ0n) is 74.1. The van der Waals surface area contributed by atoms with Gasteiger partial charge in [0.2, 0.25) is 45.6 Å². The van der Waals surface area contributed by atoms with E-state index in [1.807, 2.05) is 75.7 Å². The van der Waals surface area contributed by atoms with Crippen LogP contribution in [0.25, 0.3) is 133 Å². The second-order valence-electron chi connectivity index (χ2n) is 30.0. The first kappa shape index (κ1) is 62.5. The lowest BCUT2D eigenvalue weighted by molar-refractivity contribution is -0.661. The van der Waals surface area contributed by atoms with Gasteiger partial charge in [-0.25, -0.2) is 38.2 Å². The third-order valence-electron chi connectivity index (χ3n) is 21.0. The number of hydrogen-bond acceptors (Lipinski definition) is 8. The van der Waals surface area contributed by atoms with Crippen LogP contribution in [0.4, 0.5) is 0 Å². The van der Waals surface area contributed by atoms with Crippen molar-refractivity contribution >= 4 is 88.3 Å². The number of fused-ring (bicyclic) bond motifs is 12. The molecule has 0 aliphatic heterocycles. The second kappa shape index (κ2) is 30.3. The Balaban J connectivity index is 0.000000129. The van der Waals surface area contributed by atoms with Gasteiger partial charge in [-0.05, 0) is 179 Å². The van der Waals surface area contributed by atoms with Crippen LogP contribution in [0.2, 0.25) is 0 Å². The minimum Gasteiger partial charge on any atom is -0.437 e. The highest BCUT2D eigenvalue weighted by Gasteiger charge is 2.28. The normalized spacial score (nSPS) is 15.5. The SMILES string of the molecule is CCc1ccc2c(n1)oc1c(-c3ccc(C(C)C)c[n+]3C)c(C)ccc12.Cc1ccc2c(n1)oc1c(-c3ccc(C(C)C)c[n+]3C)c(C)ccc12.[2H]C(C)(C)c1ccc2c(n1)oc1c(-c3ccc(C(C)C)c[n+]3C)c(C)ccc12.[2H]C([2H])([2H])Cc1ccc(-c2c(C)ccc3c2oc2nc(C4([2H])C([2H])([2H])CCCC4([2H])[2H])ccc23)[n+](C)c1. The molecule has 4 aromatic carbocycles. The number of rotatable bonds is 11. The fraction of sp³-hybridized carbons (Fsp3) is 0.326. The molecule has 0 radical (unpaired) electrons. The maximum Gasteiger partial charge on any atom is 0.227 e. The predicted molar refractivity (Wildman–Crippen MR) is 437 cm³/mol. The summed E-state index contributed by atoms with van der Waals surface area (Å²) in [6, 6.07) is 49.3. The summed E-state index contributed by atoms with van der Waals surface area (Å²) >= 11 is 0. The summed E-state index contributed by atoms with van der Waals surface area (Å²) in [4.78, 5) is 18.4. The van der Waals surface area contributed by atoms with Gasteiger partial charge in [0.05, 0.1) is 22.3 Å². The Kier molecular flexibility index (Phi) is 17.7. The van der Waals surface area contributed by atoms with Gasteiger partial charge in [0, 0.05) is 131 Å². The molecule has 1 aliphatic rings. The molecular formula is C95H104N8O4+4. The number of hydrogen-bond donors (Lipinski definition) is 0. The molecule has 12 aromatic heterocycles. The van der Waals surface area contributed by atoms with Gasteiger partial charge >= 0.3 is 0 Å². The van der Waals surface area contributed by atoms with Crippen LogP contribution in [0.1, 0.15) is 210 Å². The van der Waals surface area contributed by atoms with Crippen LogP contribution in [0, 0.1) is 34.6 Å². The Bertz CT molecular complexity index is 6500. The Morgan fingerprint density at radius 1 is 0.402 bits per heavy atom. The van der Waals surface area contributed by atoms with Crippen LogP contribution < -0.4 is 18.3 Å². The molecule has 0 amide bonds. The van der Waals surface area contributed by atoms with Crippen LogP contribution in [0.15, 0.2) is 188 Å². The summed E-state index contributed by atoms with van der Waals surface area (Å²) in [6.45, 7) is 27.4. The third kappa shape index (κ3) is 14.2. The van der Waals surface area contributed by atoms with Crippen LogP contribution in [-0.2, 0) is 41.0 Å². The molecule has 0 unspecified atom stereocenters. The van der Waals surface area contributed by atoms with E-state index in [0.717, 1.165) is 129 Å². The molecule has 0 atom stereocenters. The zero-order valence-corrected chi connectivity index (χ0v) is 65.1. The van der Waals surface area contributed by atoms with E-state index < -0.39 is 31.4 Å². The Hall–Kier alpha value is -10.7. The van der Waals surface area contributed by atoms with Crippen molar-refractivity contribution in [2.45, 2.75) is 178 Å². The standard InChI is InChI=1S/C26H29N2O.C24H27N2O.C23H25N2O.C22H23N2O/c1-4-18-11-15-23(28(3)16-18)24-17(2)10-12-20-21-13-14-22(19-8-6-5-7-9-19)27-26(21)29-25(20)24;1-14(2)17-8-12-21(26(6)13-17)22-16(5)7-9-18-19-10-11-20(15(3)4)25-24(19)27-23(18)22;1-6-17-9-11-19-18-10-7-15(4)21(22(18)26-23(19)24-17)20-12-8-16(14(2)3)13-25(20)5;1-13(2)16-8-11-19(24(5)12-16)20-14(3)6-9-17-18-10-7-15(4)23-22(18)25-21(17)20/h10-16,19H,4-9H2,1-3H3;7-15H,1-6H3;7-14H,6H2,1-5H3;6-13H,1-5H3/q4*+1/i1D3,8D2,9D2,19D;15D;;. The van der Waals surface area contributed by atoms with Crippen LogP contribution in [0.5, 0.6) is 0 Å². The molecule has 0 saturated heterocycles. The van der Waals surface area contributed by atoms with E-state index in [9.17, 15) is 0 Å². The number of furan rings is 4. The molecule has 16 aromatic rings. The van der Waals surface area contributed by atoms with Gasteiger partial charge in [0.15, 0.2) is 47.1 Å². The molecule has 544 valence electrons. The summed E-state index contributed by atoms with van der Waals surface area (Å²) in [5.41, 5.74) is 26.0. The molecule has 12 heteroatoms. The number of aromatic nitrogens is 8. The summed E-state index contributed by atoms with van der Waals surface area (Å²) in [5, 5.41) is 7.95.